The zero-order valence-electron chi connectivity index (χ0n) is 10.8. The van der Waals surface area contributed by atoms with Crippen LogP contribution >= 0.6 is 0 Å². The molecular formula is C12H21N3O2. The molecule has 0 saturated carbocycles. The van der Waals surface area contributed by atoms with E-state index in [1.165, 1.54) is 0 Å². The molecule has 0 aromatic carbocycles. The summed E-state index contributed by atoms with van der Waals surface area (Å²) in [7, 11) is 5.63. The molecule has 0 aliphatic carbocycles. The lowest BCUT2D eigenvalue weighted by molar-refractivity contribution is -0.131. The molecule has 1 heterocycles. The van der Waals surface area contributed by atoms with Crippen molar-refractivity contribution in [2.45, 2.75) is 6.54 Å². The third-order valence-corrected chi connectivity index (χ3v) is 2.55. The Bertz CT molecular complexity index is 325. The Kier molecular flexibility index (Phi) is 5.72. The molecule has 1 N–H and O–H groups in total. The van der Waals surface area contributed by atoms with Crippen molar-refractivity contribution in [3.63, 3.8) is 0 Å². The molecule has 5 nitrogen and oxygen atoms in total. The van der Waals surface area contributed by atoms with Crippen LogP contribution < -0.4 is 5.32 Å². The van der Waals surface area contributed by atoms with Gasteiger partial charge in [0.2, 0.25) is 5.91 Å². The first-order valence-electron chi connectivity index (χ1n) is 5.73. The lowest BCUT2D eigenvalue weighted by Crippen LogP contribution is -2.38. The number of carbonyl (C=O) groups excluding carboxylic acids is 1. The van der Waals surface area contributed by atoms with Crippen LogP contribution in [0.1, 0.15) is 5.76 Å². The van der Waals surface area contributed by atoms with Crippen LogP contribution in [0.4, 0.5) is 0 Å². The van der Waals surface area contributed by atoms with E-state index in [1.807, 2.05) is 31.1 Å². The summed E-state index contributed by atoms with van der Waals surface area (Å²) in [5.41, 5.74) is 0. The van der Waals surface area contributed by atoms with E-state index in [2.05, 4.69) is 5.32 Å². The molecule has 0 bridgehead atoms. The quantitative estimate of drug-likeness (QED) is 0.748. The number of amides is 1. The summed E-state index contributed by atoms with van der Waals surface area (Å²) < 4.78 is 5.21. The molecule has 96 valence electrons. The molecule has 1 aromatic rings. The Morgan fingerprint density at radius 2 is 2.24 bits per heavy atom. The maximum Gasteiger partial charge on any atom is 0.236 e. The van der Waals surface area contributed by atoms with Gasteiger partial charge in [-0.05, 0) is 26.2 Å². The van der Waals surface area contributed by atoms with E-state index in [0.29, 0.717) is 13.1 Å². The van der Waals surface area contributed by atoms with E-state index in [-0.39, 0.29) is 5.91 Å². The summed E-state index contributed by atoms with van der Waals surface area (Å²) in [6.45, 7) is 2.69. The van der Waals surface area contributed by atoms with Crippen LogP contribution in [0, 0.1) is 0 Å². The van der Waals surface area contributed by atoms with Crippen LogP contribution in [-0.2, 0) is 11.3 Å². The average molecular weight is 239 g/mol. The molecule has 1 amide bonds. The molecule has 0 aliphatic heterocycles. The van der Waals surface area contributed by atoms with Crippen molar-refractivity contribution >= 4 is 5.91 Å². The predicted octanol–water partition coefficient (Wildman–Crippen LogP) is 0.389. The average Bonchev–Trinajstić information content (AvgIpc) is 2.78. The minimum Gasteiger partial charge on any atom is -0.467 e. The van der Waals surface area contributed by atoms with Gasteiger partial charge in [-0.2, -0.15) is 0 Å². The fourth-order valence-corrected chi connectivity index (χ4v) is 1.46. The van der Waals surface area contributed by atoms with E-state index in [0.717, 1.165) is 18.8 Å². The second-order valence-corrected chi connectivity index (χ2v) is 4.17. The van der Waals surface area contributed by atoms with Gasteiger partial charge in [0.25, 0.3) is 0 Å². The van der Waals surface area contributed by atoms with Crippen molar-refractivity contribution in [3.8, 4) is 0 Å². The fraction of sp³-hybridized carbons (Fsp3) is 0.583. The Balaban J connectivity index is 2.31. The topological polar surface area (TPSA) is 48.7 Å². The van der Waals surface area contributed by atoms with E-state index < -0.39 is 0 Å². The van der Waals surface area contributed by atoms with Gasteiger partial charge >= 0.3 is 0 Å². The molecule has 1 rings (SSSR count). The molecular weight excluding hydrogens is 218 g/mol. The summed E-state index contributed by atoms with van der Waals surface area (Å²) in [6, 6.07) is 3.70. The third-order valence-electron chi connectivity index (χ3n) is 2.55. The van der Waals surface area contributed by atoms with Crippen LogP contribution in [0.2, 0.25) is 0 Å². The molecule has 0 unspecified atom stereocenters. The van der Waals surface area contributed by atoms with Gasteiger partial charge in [0, 0.05) is 20.1 Å². The standard InChI is InChI=1S/C12H21N3O2/c1-13-6-7-14(2)10-12(16)15(3)9-11-5-4-8-17-11/h4-5,8,13H,6-7,9-10H2,1-3H3. The first kappa shape index (κ1) is 13.7. The fourth-order valence-electron chi connectivity index (χ4n) is 1.46. The zero-order valence-corrected chi connectivity index (χ0v) is 10.8. The van der Waals surface area contributed by atoms with Gasteiger partial charge in [-0.3, -0.25) is 9.69 Å². The Morgan fingerprint density at radius 3 is 2.82 bits per heavy atom. The van der Waals surface area contributed by atoms with E-state index in [4.69, 9.17) is 4.42 Å². The van der Waals surface area contributed by atoms with Crippen molar-refractivity contribution in [2.75, 3.05) is 40.8 Å². The molecule has 0 aliphatic rings. The Hall–Kier alpha value is -1.33. The monoisotopic (exact) mass is 239 g/mol. The number of hydrogen-bond donors (Lipinski definition) is 1. The molecule has 0 spiro atoms. The van der Waals surface area contributed by atoms with Gasteiger partial charge in [0.15, 0.2) is 0 Å². The molecule has 17 heavy (non-hydrogen) atoms. The van der Waals surface area contributed by atoms with E-state index in [9.17, 15) is 4.79 Å². The number of carbonyl (C=O) groups is 1. The van der Waals surface area contributed by atoms with E-state index >= 15 is 0 Å². The number of likely N-dealkylation sites (N-methyl/N-ethyl adjacent to an activating group) is 3. The summed E-state index contributed by atoms with van der Waals surface area (Å²) in [4.78, 5) is 15.5. The number of hydrogen-bond acceptors (Lipinski definition) is 4. The Morgan fingerprint density at radius 1 is 1.47 bits per heavy atom. The number of nitrogens with one attached hydrogen (secondary N) is 1. The lowest BCUT2D eigenvalue weighted by atomic mass is 10.4. The normalized spacial score (nSPS) is 10.8. The number of nitrogens with zero attached hydrogens (tertiary/aromatic N) is 2. The Labute approximate surface area is 102 Å². The minimum absolute atomic E-state index is 0.0972. The van der Waals surface area contributed by atoms with Gasteiger partial charge in [-0.1, -0.05) is 0 Å². The third kappa shape index (κ3) is 5.01. The second-order valence-electron chi connectivity index (χ2n) is 4.17. The van der Waals surface area contributed by atoms with Crippen LogP contribution in [0.25, 0.3) is 0 Å². The summed E-state index contributed by atoms with van der Waals surface area (Å²) >= 11 is 0. The van der Waals surface area contributed by atoms with Crippen molar-refractivity contribution in [1.82, 2.24) is 15.1 Å². The molecule has 5 heteroatoms. The smallest absolute Gasteiger partial charge is 0.236 e. The molecule has 0 radical (unpaired) electrons. The molecule has 0 atom stereocenters. The highest BCUT2D eigenvalue weighted by Crippen LogP contribution is 2.04. The number of rotatable bonds is 7. The maximum atomic E-state index is 11.9. The summed E-state index contributed by atoms with van der Waals surface area (Å²) in [5.74, 6) is 0.902. The molecule has 1 aromatic heterocycles. The van der Waals surface area contributed by atoms with E-state index in [1.54, 1.807) is 18.2 Å². The van der Waals surface area contributed by atoms with Gasteiger partial charge in [0.1, 0.15) is 5.76 Å². The van der Waals surface area contributed by atoms with Crippen LogP contribution in [0.3, 0.4) is 0 Å². The van der Waals surface area contributed by atoms with Crippen LogP contribution in [0.5, 0.6) is 0 Å². The highest BCUT2D eigenvalue weighted by Gasteiger charge is 2.12. The lowest BCUT2D eigenvalue weighted by Gasteiger charge is -2.21. The van der Waals surface area contributed by atoms with Gasteiger partial charge in [-0.15, -0.1) is 0 Å². The molecule has 0 fully saturated rings. The minimum atomic E-state index is 0.0972. The molecule has 0 saturated heterocycles. The second kappa shape index (κ2) is 7.09. The van der Waals surface area contributed by atoms with Crippen molar-refractivity contribution in [3.05, 3.63) is 24.2 Å². The van der Waals surface area contributed by atoms with Crippen LogP contribution in [-0.4, -0.2) is 56.5 Å². The SMILES string of the molecule is CNCCN(C)CC(=O)N(C)Cc1ccco1. The zero-order chi connectivity index (χ0) is 12.7. The largest absolute Gasteiger partial charge is 0.467 e. The van der Waals surface area contributed by atoms with Crippen LogP contribution in [0.15, 0.2) is 22.8 Å². The highest BCUT2D eigenvalue weighted by atomic mass is 16.3. The van der Waals surface area contributed by atoms with Gasteiger partial charge in [-0.25, -0.2) is 0 Å². The van der Waals surface area contributed by atoms with Gasteiger partial charge in [0.05, 0.1) is 19.4 Å². The first-order chi connectivity index (χ1) is 8.13. The summed E-state index contributed by atoms with van der Waals surface area (Å²) in [6.07, 6.45) is 1.62. The van der Waals surface area contributed by atoms with Crippen molar-refractivity contribution < 1.29 is 9.21 Å². The predicted molar refractivity (Wildman–Crippen MR) is 66.6 cm³/mol. The summed E-state index contributed by atoms with van der Waals surface area (Å²) in [5, 5.41) is 3.06. The number of furan rings is 1. The van der Waals surface area contributed by atoms with Gasteiger partial charge < -0.3 is 14.6 Å². The highest BCUT2D eigenvalue weighted by molar-refractivity contribution is 5.77. The maximum absolute atomic E-state index is 11.9. The van der Waals surface area contributed by atoms with Crippen molar-refractivity contribution in [2.24, 2.45) is 0 Å². The van der Waals surface area contributed by atoms with Crippen molar-refractivity contribution in [1.29, 1.82) is 0 Å². The first-order valence-corrected chi connectivity index (χ1v) is 5.73.